The van der Waals surface area contributed by atoms with Crippen LogP contribution in [0.5, 0.6) is 5.75 Å². The van der Waals surface area contributed by atoms with Crippen LogP contribution in [-0.4, -0.2) is 11.9 Å². The van der Waals surface area contributed by atoms with Crippen LogP contribution in [0.15, 0.2) is 30.8 Å². The number of rotatable bonds is 5. The van der Waals surface area contributed by atoms with Crippen LogP contribution in [0.25, 0.3) is 6.08 Å². The van der Waals surface area contributed by atoms with Gasteiger partial charge in [-0.25, -0.2) is 0 Å². The molecule has 2 heteroatoms. The van der Waals surface area contributed by atoms with Crippen LogP contribution in [-0.2, 0) is 4.74 Å². The van der Waals surface area contributed by atoms with E-state index in [0.717, 1.165) is 11.3 Å². The van der Waals surface area contributed by atoms with Crippen LogP contribution in [0, 0.1) is 0 Å². The van der Waals surface area contributed by atoms with Crippen molar-refractivity contribution in [3.05, 3.63) is 36.4 Å². The molecular formula is C14H20O2. The lowest BCUT2D eigenvalue weighted by Crippen LogP contribution is -2.34. The van der Waals surface area contributed by atoms with Crippen LogP contribution in [0.1, 0.15) is 33.3 Å². The third-order valence-corrected chi connectivity index (χ3v) is 1.98. The summed E-state index contributed by atoms with van der Waals surface area (Å²) in [5, 5.41) is 0. The van der Waals surface area contributed by atoms with Crippen molar-refractivity contribution in [2.75, 3.05) is 0 Å². The molecule has 0 aliphatic heterocycles. The van der Waals surface area contributed by atoms with Crippen molar-refractivity contribution in [1.82, 2.24) is 0 Å². The Balaban J connectivity index is 2.75. The van der Waals surface area contributed by atoms with Gasteiger partial charge in [0.1, 0.15) is 5.75 Å². The molecular weight excluding hydrogens is 200 g/mol. The van der Waals surface area contributed by atoms with Crippen molar-refractivity contribution in [2.45, 2.75) is 39.6 Å². The van der Waals surface area contributed by atoms with Gasteiger partial charge in [0.05, 0.1) is 6.10 Å². The number of hydrogen-bond acceptors (Lipinski definition) is 2. The number of hydrogen-bond donors (Lipinski definition) is 0. The van der Waals surface area contributed by atoms with Gasteiger partial charge in [-0.2, -0.15) is 0 Å². The zero-order valence-electron chi connectivity index (χ0n) is 10.5. The summed E-state index contributed by atoms with van der Waals surface area (Å²) in [5.41, 5.74) is 1.04. The van der Waals surface area contributed by atoms with E-state index in [4.69, 9.17) is 9.47 Å². The van der Waals surface area contributed by atoms with Gasteiger partial charge >= 0.3 is 0 Å². The molecule has 0 spiro atoms. The molecule has 0 fully saturated rings. The third kappa shape index (κ3) is 4.07. The molecule has 0 atom stereocenters. The highest BCUT2D eigenvalue weighted by Crippen LogP contribution is 2.22. The predicted octanol–water partition coefficient (Wildman–Crippen LogP) is 3.87. The third-order valence-electron chi connectivity index (χ3n) is 1.98. The molecule has 0 N–H and O–H groups in total. The molecule has 0 aliphatic carbocycles. The van der Waals surface area contributed by atoms with E-state index in [1.165, 1.54) is 0 Å². The van der Waals surface area contributed by atoms with Crippen molar-refractivity contribution >= 4 is 6.08 Å². The Labute approximate surface area is 97.9 Å². The van der Waals surface area contributed by atoms with Crippen molar-refractivity contribution in [1.29, 1.82) is 0 Å². The van der Waals surface area contributed by atoms with Gasteiger partial charge in [0.2, 0.25) is 5.79 Å². The maximum atomic E-state index is 5.79. The monoisotopic (exact) mass is 220 g/mol. The smallest absolute Gasteiger partial charge is 0.205 e. The lowest BCUT2D eigenvalue weighted by Gasteiger charge is -2.28. The molecule has 88 valence electrons. The summed E-state index contributed by atoms with van der Waals surface area (Å²) in [6.07, 6.45) is 1.93. The zero-order chi connectivity index (χ0) is 12.2. The van der Waals surface area contributed by atoms with Gasteiger partial charge in [-0.3, -0.25) is 0 Å². The summed E-state index contributed by atoms with van der Waals surface area (Å²) < 4.78 is 11.5. The normalized spacial score (nSPS) is 11.6. The molecule has 0 heterocycles. The minimum atomic E-state index is -0.617. The lowest BCUT2D eigenvalue weighted by molar-refractivity contribution is -0.178. The minimum absolute atomic E-state index is 0.137. The van der Waals surface area contributed by atoms with E-state index >= 15 is 0 Å². The van der Waals surface area contributed by atoms with E-state index in [1.54, 1.807) is 6.08 Å². The first-order valence-corrected chi connectivity index (χ1v) is 5.52. The molecule has 0 radical (unpaired) electrons. The van der Waals surface area contributed by atoms with Crippen LogP contribution in [0.2, 0.25) is 0 Å². The molecule has 0 bridgehead atoms. The zero-order valence-corrected chi connectivity index (χ0v) is 10.5. The van der Waals surface area contributed by atoms with Gasteiger partial charge in [0, 0.05) is 13.8 Å². The summed E-state index contributed by atoms with van der Waals surface area (Å²) >= 11 is 0. The van der Waals surface area contributed by atoms with Gasteiger partial charge in [0.25, 0.3) is 0 Å². The second-order valence-electron chi connectivity index (χ2n) is 4.45. The van der Waals surface area contributed by atoms with Crippen LogP contribution >= 0.6 is 0 Å². The first kappa shape index (κ1) is 12.8. The van der Waals surface area contributed by atoms with Gasteiger partial charge < -0.3 is 9.47 Å². The molecule has 0 aliphatic rings. The maximum absolute atomic E-state index is 5.79. The van der Waals surface area contributed by atoms with Crippen molar-refractivity contribution in [2.24, 2.45) is 0 Å². The van der Waals surface area contributed by atoms with E-state index in [2.05, 4.69) is 6.58 Å². The molecule has 1 aromatic rings. The fourth-order valence-corrected chi connectivity index (χ4v) is 1.58. The van der Waals surface area contributed by atoms with Gasteiger partial charge in [-0.15, -0.1) is 0 Å². The molecule has 0 unspecified atom stereocenters. The first-order chi connectivity index (χ1) is 7.43. The average Bonchev–Trinajstić information content (AvgIpc) is 2.15. The minimum Gasteiger partial charge on any atom is -0.463 e. The highest BCUT2D eigenvalue weighted by molar-refractivity contribution is 5.49. The van der Waals surface area contributed by atoms with Crippen LogP contribution in [0.3, 0.4) is 0 Å². The Morgan fingerprint density at radius 2 is 2.00 bits per heavy atom. The standard InChI is InChI=1S/C14H20O2/c1-6-12-8-7-9-13(10-12)16-14(4,5)15-11(2)3/h6-11H,1H2,2-5H3. The Morgan fingerprint density at radius 3 is 2.56 bits per heavy atom. The second kappa shape index (κ2) is 5.17. The van der Waals surface area contributed by atoms with E-state index in [9.17, 15) is 0 Å². The summed E-state index contributed by atoms with van der Waals surface area (Å²) in [6.45, 7) is 11.5. The topological polar surface area (TPSA) is 18.5 Å². The Morgan fingerprint density at radius 1 is 1.31 bits per heavy atom. The Hall–Kier alpha value is -1.28. The van der Waals surface area contributed by atoms with Crippen LogP contribution in [0.4, 0.5) is 0 Å². The van der Waals surface area contributed by atoms with Crippen LogP contribution < -0.4 is 4.74 Å². The van der Waals surface area contributed by atoms with Gasteiger partial charge in [0.15, 0.2) is 0 Å². The Kier molecular flexibility index (Phi) is 4.13. The van der Waals surface area contributed by atoms with Gasteiger partial charge in [-0.05, 0) is 31.5 Å². The van der Waals surface area contributed by atoms with Gasteiger partial charge in [-0.1, -0.05) is 24.8 Å². The summed E-state index contributed by atoms with van der Waals surface area (Å²) in [5.74, 6) is 0.177. The first-order valence-electron chi connectivity index (χ1n) is 5.52. The van der Waals surface area contributed by atoms with E-state index in [1.807, 2.05) is 52.0 Å². The number of ether oxygens (including phenoxy) is 2. The summed E-state index contributed by atoms with van der Waals surface area (Å²) in [6, 6.07) is 7.78. The molecule has 1 aromatic carbocycles. The SMILES string of the molecule is C=Cc1cccc(OC(C)(C)OC(C)C)c1. The molecule has 0 aromatic heterocycles. The predicted molar refractivity (Wildman–Crippen MR) is 67.5 cm³/mol. The molecule has 0 amide bonds. The average molecular weight is 220 g/mol. The summed E-state index contributed by atoms with van der Waals surface area (Å²) in [4.78, 5) is 0. The maximum Gasteiger partial charge on any atom is 0.205 e. The molecule has 0 saturated heterocycles. The highest BCUT2D eigenvalue weighted by atomic mass is 16.7. The van der Waals surface area contributed by atoms with E-state index < -0.39 is 5.79 Å². The molecule has 16 heavy (non-hydrogen) atoms. The largest absolute Gasteiger partial charge is 0.463 e. The van der Waals surface area contributed by atoms with E-state index in [0.29, 0.717) is 0 Å². The van der Waals surface area contributed by atoms with E-state index in [-0.39, 0.29) is 6.10 Å². The fraction of sp³-hybridized carbons (Fsp3) is 0.429. The van der Waals surface area contributed by atoms with Crippen molar-refractivity contribution < 1.29 is 9.47 Å². The number of benzene rings is 1. The fourth-order valence-electron chi connectivity index (χ4n) is 1.58. The summed E-state index contributed by atoms with van der Waals surface area (Å²) in [7, 11) is 0. The van der Waals surface area contributed by atoms with Crippen molar-refractivity contribution in [3.8, 4) is 5.75 Å². The molecule has 2 nitrogen and oxygen atoms in total. The second-order valence-corrected chi connectivity index (χ2v) is 4.45. The Bertz CT molecular complexity index is 354. The quantitative estimate of drug-likeness (QED) is 0.701. The molecule has 1 rings (SSSR count). The van der Waals surface area contributed by atoms with Crippen molar-refractivity contribution in [3.63, 3.8) is 0 Å². The lowest BCUT2D eigenvalue weighted by atomic mass is 10.2. The molecule has 0 saturated carbocycles. The highest BCUT2D eigenvalue weighted by Gasteiger charge is 2.21.